The van der Waals surface area contributed by atoms with Crippen LogP contribution in [0.1, 0.15) is 25.5 Å². The molecule has 0 aliphatic rings. The van der Waals surface area contributed by atoms with Gasteiger partial charge in [-0.3, -0.25) is 9.10 Å². The number of carbonyl (C=O) groups excluding carboxylic acids is 1. The van der Waals surface area contributed by atoms with Crippen molar-refractivity contribution in [1.82, 2.24) is 5.32 Å². The third-order valence-electron chi connectivity index (χ3n) is 4.41. The van der Waals surface area contributed by atoms with E-state index in [1.165, 1.54) is 20.3 Å². The van der Waals surface area contributed by atoms with Gasteiger partial charge >= 0.3 is 0 Å². The number of rotatable bonds is 10. The lowest BCUT2D eigenvalue weighted by Gasteiger charge is -2.25. The highest BCUT2D eigenvalue weighted by Crippen LogP contribution is 2.33. The van der Waals surface area contributed by atoms with Crippen molar-refractivity contribution in [2.45, 2.75) is 19.9 Å². The van der Waals surface area contributed by atoms with Crippen molar-refractivity contribution < 1.29 is 27.4 Å². The summed E-state index contributed by atoms with van der Waals surface area (Å²) in [7, 11) is -0.858. The molecule has 0 fully saturated rings. The largest absolute Gasteiger partial charge is 0.497 e. The quantitative estimate of drug-likeness (QED) is 0.616. The van der Waals surface area contributed by atoms with Crippen LogP contribution in [0.15, 0.2) is 42.5 Å². The molecule has 0 spiro atoms. The van der Waals surface area contributed by atoms with Crippen molar-refractivity contribution in [3.63, 3.8) is 0 Å². The molecule has 0 aliphatic carbocycles. The average molecular weight is 437 g/mol. The summed E-state index contributed by atoms with van der Waals surface area (Å²) in [5, 5.41) is 2.83. The van der Waals surface area contributed by atoms with Gasteiger partial charge in [-0.15, -0.1) is 0 Å². The Balaban J connectivity index is 2.20. The lowest BCUT2D eigenvalue weighted by Crippen LogP contribution is -2.41. The van der Waals surface area contributed by atoms with Gasteiger partial charge in [0.05, 0.1) is 38.8 Å². The molecule has 0 aliphatic heterocycles. The Labute approximate surface area is 177 Å². The lowest BCUT2D eigenvalue weighted by atomic mass is 10.1. The number of sulfonamides is 1. The van der Waals surface area contributed by atoms with Crippen molar-refractivity contribution in [2.75, 3.05) is 37.9 Å². The van der Waals surface area contributed by atoms with Crippen LogP contribution in [0.4, 0.5) is 5.69 Å². The fourth-order valence-corrected chi connectivity index (χ4v) is 3.74. The maximum absolute atomic E-state index is 12.7. The Kier molecular flexibility index (Phi) is 7.93. The number of hydrogen-bond donors (Lipinski definition) is 1. The molecule has 8 nitrogen and oxygen atoms in total. The predicted molar refractivity (Wildman–Crippen MR) is 116 cm³/mol. The van der Waals surface area contributed by atoms with Crippen molar-refractivity contribution in [3.8, 4) is 17.2 Å². The van der Waals surface area contributed by atoms with Gasteiger partial charge in [-0.1, -0.05) is 12.1 Å². The molecule has 9 heteroatoms. The number of methoxy groups -OCH3 is 2. The standard InChI is InChI=1S/C21H28N2O6S/c1-6-29-17-9-7-16(8-10-17)15(2)22-21(24)14-23(30(5,25)26)19-13-18(27-3)11-12-20(19)28-4/h7-13,15H,6,14H2,1-5H3,(H,22,24)/t15-/m1/s1. The molecule has 1 atom stereocenters. The van der Waals surface area contributed by atoms with Gasteiger partial charge in [-0.05, 0) is 43.7 Å². The number of ether oxygens (including phenoxy) is 3. The number of carbonyl (C=O) groups is 1. The highest BCUT2D eigenvalue weighted by Gasteiger charge is 2.25. The molecular weight excluding hydrogens is 408 g/mol. The summed E-state index contributed by atoms with van der Waals surface area (Å²) < 4.78 is 41.7. The number of amides is 1. The molecule has 0 unspecified atom stereocenters. The maximum Gasteiger partial charge on any atom is 0.241 e. The Morgan fingerprint density at radius 1 is 1.07 bits per heavy atom. The minimum atomic E-state index is -3.76. The van der Waals surface area contributed by atoms with Crippen LogP contribution in [-0.2, 0) is 14.8 Å². The molecule has 0 saturated carbocycles. The molecular formula is C21H28N2O6S. The van der Waals surface area contributed by atoms with Crippen LogP contribution in [0.5, 0.6) is 17.2 Å². The van der Waals surface area contributed by atoms with Crippen LogP contribution in [0.2, 0.25) is 0 Å². The molecule has 2 rings (SSSR count). The minimum absolute atomic E-state index is 0.225. The first-order valence-electron chi connectivity index (χ1n) is 9.41. The van der Waals surface area contributed by atoms with Gasteiger partial charge in [0.1, 0.15) is 23.8 Å². The number of benzene rings is 2. The summed E-state index contributed by atoms with van der Waals surface area (Å²) in [5.41, 5.74) is 1.10. The van der Waals surface area contributed by atoms with Crippen molar-refractivity contribution in [1.29, 1.82) is 0 Å². The monoisotopic (exact) mass is 436 g/mol. The summed E-state index contributed by atoms with van der Waals surface area (Å²) in [6, 6.07) is 11.8. The predicted octanol–water partition coefficient (Wildman–Crippen LogP) is 2.75. The highest BCUT2D eigenvalue weighted by molar-refractivity contribution is 7.92. The van der Waals surface area contributed by atoms with E-state index in [1.807, 2.05) is 38.1 Å². The lowest BCUT2D eigenvalue weighted by molar-refractivity contribution is -0.120. The summed E-state index contributed by atoms with van der Waals surface area (Å²) >= 11 is 0. The van der Waals surface area contributed by atoms with E-state index < -0.39 is 22.5 Å². The summed E-state index contributed by atoms with van der Waals surface area (Å²) in [6.07, 6.45) is 1.04. The van der Waals surface area contributed by atoms with E-state index in [4.69, 9.17) is 14.2 Å². The first-order valence-corrected chi connectivity index (χ1v) is 11.3. The molecule has 0 heterocycles. The van der Waals surface area contributed by atoms with Crippen LogP contribution in [0, 0.1) is 0 Å². The van der Waals surface area contributed by atoms with E-state index in [9.17, 15) is 13.2 Å². The minimum Gasteiger partial charge on any atom is -0.497 e. The van der Waals surface area contributed by atoms with E-state index in [2.05, 4.69) is 5.32 Å². The molecule has 2 aromatic rings. The van der Waals surface area contributed by atoms with Crippen molar-refractivity contribution in [3.05, 3.63) is 48.0 Å². The van der Waals surface area contributed by atoms with Crippen LogP contribution in [-0.4, -0.2) is 48.0 Å². The Morgan fingerprint density at radius 2 is 1.70 bits per heavy atom. The molecule has 0 saturated heterocycles. The van der Waals surface area contributed by atoms with Crippen LogP contribution in [0.3, 0.4) is 0 Å². The van der Waals surface area contributed by atoms with Crippen LogP contribution >= 0.6 is 0 Å². The van der Waals surface area contributed by atoms with Gasteiger partial charge in [0.15, 0.2) is 0 Å². The van der Waals surface area contributed by atoms with E-state index >= 15 is 0 Å². The molecule has 1 N–H and O–H groups in total. The topological polar surface area (TPSA) is 94.2 Å². The molecule has 0 bridgehead atoms. The normalized spacial score (nSPS) is 12.0. The summed E-state index contributed by atoms with van der Waals surface area (Å²) in [5.74, 6) is 1.05. The third kappa shape index (κ3) is 6.03. The Hall–Kier alpha value is -2.94. The molecule has 0 radical (unpaired) electrons. The van der Waals surface area contributed by atoms with Crippen LogP contribution in [0.25, 0.3) is 0 Å². The zero-order chi connectivity index (χ0) is 22.3. The van der Waals surface area contributed by atoms with E-state index in [0.717, 1.165) is 21.9 Å². The number of nitrogens with one attached hydrogen (secondary N) is 1. The molecule has 30 heavy (non-hydrogen) atoms. The van der Waals surface area contributed by atoms with Crippen molar-refractivity contribution >= 4 is 21.6 Å². The van der Waals surface area contributed by atoms with Gasteiger partial charge < -0.3 is 19.5 Å². The second-order valence-electron chi connectivity index (χ2n) is 6.60. The Morgan fingerprint density at radius 3 is 2.23 bits per heavy atom. The van der Waals surface area contributed by atoms with Crippen molar-refractivity contribution in [2.24, 2.45) is 0 Å². The molecule has 1 amide bonds. The van der Waals surface area contributed by atoms with E-state index in [0.29, 0.717) is 18.1 Å². The highest BCUT2D eigenvalue weighted by atomic mass is 32.2. The van der Waals surface area contributed by atoms with Gasteiger partial charge in [-0.2, -0.15) is 0 Å². The smallest absolute Gasteiger partial charge is 0.241 e. The first-order chi connectivity index (χ1) is 14.2. The zero-order valence-corrected chi connectivity index (χ0v) is 18.7. The number of nitrogens with zero attached hydrogens (tertiary/aromatic N) is 1. The Bertz CT molecular complexity index is 960. The average Bonchev–Trinajstić information content (AvgIpc) is 2.71. The second kappa shape index (κ2) is 10.2. The van der Waals surface area contributed by atoms with Gasteiger partial charge in [0, 0.05) is 6.07 Å². The van der Waals surface area contributed by atoms with Gasteiger partial charge in [-0.25, -0.2) is 8.42 Å². The fraction of sp³-hybridized carbons (Fsp3) is 0.381. The zero-order valence-electron chi connectivity index (χ0n) is 17.8. The van der Waals surface area contributed by atoms with Gasteiger partial charge in [0.25, 0.3) is 0 Å². The third-order valence-corrected chi connectivity index (χ3v) is 5.54. The first kappa shape index (κ1) is 23.3. The molecule has 164 valence electrons. The second-order valence-corrected chi connectivity index (χ2v) is 8.51. The van der Waals surface area contributed by atoms with Crippen LogP contribution < -0.4 is 23.8 Å². The number of anilines is 1. The SMILES string of the molecule is CCOc1ccc([C@@H](C)NC(=O)CN(c2cc(OC)ccc2OC)S(C)(=O)=O)cc1. The van der Waals surface area contributed by atoms with E-state index in [-0.39, 0.29) is 11.7 Å². The molecule has 0 aromatic heterocycles. The summed E-state index contributed by atoms with van der Waals surface area (Å²) in [6.45, 7) is 3.90. The van der Waals surface area contributed by atoms with Gasteiger partial charge in [0.2, 0.25) is 15.9 Å². The van der Waals surface area contributed by atoms with E-state index in [1.54, 1.807) is 12.1 Å². The maximum atomic E-state index is 12.7. The fourth-order valence-electron chi connectivity index (χ4n) is 2.89. The summed E-state index contributed by atoms with van der Waals surface area (Å²) in [4.78, 5) is 12.7. The number of hydrogen-bond acceptors (Lipinski definition) is 6. The molecule has 2 aromatic carbocycles.